The number of aromatic nitrogens is 2. The van der Waals surface area contributed by atoms with Gasteiger partial charge < -0.3 is 9.84 Å². The van der Waals surface area contributed by atoms with Crippen LogP contribution in [-0.4, -0.2) is 10.1 Å². The third-order valence-electron chi connectivity index (χ3n) is 2.65. The number of aryl methyl sites for hydroxylation is 2. The van der Waals surface area contributed by atoms with E-state index >= 15 is 0 Å². The van der Waals surface area contributed by atoms with Gasteiger partial charge in [0.15, 0.2) is 5.13 Å². The molecule has 0 aliphatic rings. The molecule has 0 saturated heterocycles. The molecule has 19 heavy (non-hydrogen) atoms. The fraction of sp³-hybridized carbons (Fsp3) is 0.455. The van der Waals surface area contributed by atoms with Crippen LogP contribution in [0, 0.1) is 13.8 Å². The van der Waals surface area contributed by atoms with Crippen LogP contribution >= 0.6 is 11.3 Å². The van der Waals surface area contributed by atoms with Crippen molar-refractivity contribution < 1.29 is 17.7 Å². The van der Waals surface area contributed by atoms with Gasteiger partial charge in [0.05, 0.1) is 17.9 Å². The average Bonchev–Trinajstić information content (AvgIpc) is 2.85. The Hall–Kier alpha value is -1.57. The average molecular weight is 291 g/mol. The molecule has 0 aliphatic carbocycles. The van der Waals surface area contributed by atoms with Gasteiger partial charge >= 0.3 is 6.18 Å². The summed E-state index contributed by atoms with van der Waals surface area (Å²) in [6.07, 6.45) is -3.53. The van der Waals surface area contributed by atoms with E-state index in [1.165, 1.54) is 0 Å². The monoisotopic (exact) mass is 291 g/mol. The van der Waals surface area contributed by atoms with Crippen LogP contribution in [0.4, 0.5) is 18.3 Å². The lowest BCUT2D eigenvalue weighted by molar-refractivity contribution is -0.134. The van der Waals surface area contributed by atoms with Crippen molar-refractivity contribution >= 4 is 16.5 Å². The summed E-state index contributed by atoms with van der Waals surface area (Å²) < 4.78 is 42.4. The number of hydrogen-bond donors (Lipinski definition) is 1. The zero-order chi connectivity index (χ0) is 14.2. The molecule has 2 aromatic rings. The van der Waals surface area contributed by atoms with E-state index in [1.807, 2.05) is 6.92 Å². The minimum atomic E-state index is -4.36. The maximum absolute atomic E-state index is 12.5. The highest BCUT2D eigenvalue weighted by atomic mass is 32.1. The standard InChI is InChI=1S/C11H12F3N3OS/c1-5(9-6(2)17-18-7(9)3)16-10-15-4-8(19-10)11(12,13)14/h4-5H,1-3H3,(H,15,16). The fourth-order valence-corrected chi connectivity index (χ4v) is 2.61. The molecule has 104 valence electrons. The van der Waals surface area contributed by atoms with Crippen LogP contribution in [0.2, 0.25) is 0 Å². The Morgan fingerprint density at radius 3 is 2.53 bits per heavy atom. The van der Waals surface area contributed by atoms with E-state index < -0.39 is 11.1 Å². The van der Waals surface area contributed by atoms with Crippen LogP contribution in [-0.2, 0) is 6.18 Å². The molecule has 2 heterocycles. The van der Waals surface area contributed by atoms with Crippen LogP contribution in [0.1, 0.15) is 34.9 Å². The Morgan fingerprint density at radius 1 is 1.37 bits per heavy atom. The lowest BCUT2D eigenvalue weighted by Gasteiger charge is -2.12. The minimum Gasteiger partial charge on any atom is -0.361 e. The zero-order valence-electron chi connectivity index (χ0n) is 10.5. The first kappa shape index (κ1) is 13.9. The Kier molecular flexibility index (Phi) is 3.53. The van der Waals surface area contributed by atoms with Gasteiger partial charge in [0.25, 0.3) is 0 Å². The van der Waals surface area contributed by atoms with Crippen LogP contribution in [0.5, 0.6) is 0 Å². The highest BCUT2D eigenvalue weighted by Gasteiger charge is 2.33. The molecular weight excluding hydrogens is 279 g/mol. The van der Waals surface area contributed by atoms with E-state index in [9.17, 15) is 13.2 Å². The predicted octanol–water partition coefficient (Wildman–Crippen LogP) is 3.94. The molecule has 8 heteroatoms. The summed E-state index contributed by atoms with van der Waals surface area (Å²) in [5.74, 6) is 0.644. The van der Waals surface area contributed by atoms with Crippen molar-refractivity contribution in [2.75, 3.05) is 5.32 Å². The predicted molar refractivity (Wildman–Crippen MR) is 65.1 cm³/mol. The lowest BCUT2D eigenvalue weighted by Crippen LogP contribution is -2.08. The summed E-state index contributed by atoms with van der Waals surface area (Å²) in [6.45, 7) is 5.37. The summed E-state index contributed by atoms with van der Waals surface area (Å²) in [4.78, 5) is 3.01. The Labute approximate surface area is 111 Å². The van der Waals surface area contributed by atoms with Gasteiger partial charge in [-0.25, -0.2) is 4.98 Å². The third kappa shape index (κ3) is 2.89. The molecule has 0 aliphatic heterocycles. The molecule has 0 fully saturated rings. The first-order valence-electron chi connectivity index (χ1n) is 5.51. The molecule has 1 N–H and O–H groups in total. The molecule has 0 bridgehead atoms. The molecule has 0 aromatic carbocycles. The number of alkyl halides is 3. The van der Waals surface area contributed by atoms with Crippen LogP contribution < -0.4 is 5.32 Å². The van der Waals surface area contributed by atoms with Crippen molar-refractivity contribution in [2.45, 2.75) is 33.0 Å². The maximum Gasteiger partial charge on any atom is 0.427 e. The molecule has 2 aromatic heterocycles. The van der Waals surface area contributed by atoms with Crippen molar-refractivity contribution in [1.82, 2.24) is 10.1 Å². The van der Waals surface area contributed by atoms with Crippen LogP contribution in [0.15, 0.2) is 10.7 Å². The van der Waals surface area contributed by atoms with E-state index in [2.05, 4.69) is 15.5 Å². The van der Waals surface area contributed by atoms with E-state index in [1.54, 1.807) is 13.8 Å². The van der Waals surface area contributed by atoms with Crippen molar-refractivity contribution in [3.8, 4) is 0 Å². The SMILES string of the molecule is Cc1noc(C)c1C(C)Nc1ncc(C(F)(F)F)s1. The van der Waals surface area contributed by atoms with Gasteiger partial charge in [-0.15, -0.1) is 0 Å². The van der Waals surface area contributed by atoms with Gasteiger partial charge in [-0.2, -0.15) is 13.2 Å². The van der Waals surface area contributed by atoms with Gasteiger partial charge in [0.1, 0.15) is 10.6 Å². The van der Waals surface area contributed by atoms with E-state index in [4.69, 9.17) is 4.52 Å². The quantitative estimate of drug-likeness (QED) is 0.930. The summed E-state index contributed by atoms with van der Waals surface area (Å²) in [6, 6.07) is -0.224. The highest BCUT2D eigenvalue weighted by molar-refractivity contribution is 7.15. The normalized spacial score (nSPS) is 13.6. The van der Waals surface area contributed by atoms with Crippen molar-refractivity contribution in [3.05, 3.63) is 28.1 Å². The Morgan fingerprint density at radius 2 is 2.05 bits per heavy atom. The lowest BCUT2D eigenvalue weighted by atomic mass is 10.1. The van der Waals surface area contributed by atoms with Crippen LogP contribution in [0.3, 0.4) is 0 Å². The van der Waals surface area contributed by atoms with Gasteiger partial charge in [-0.1, -0.05) is 16.5 Å². The molecule has 0 radical (unpaired) electrons. The summed E-state index contributed by atoms with van der Waals surface area (Å²) >= 11 is 0.579. The largest absolute Gasteiger partial charge is 0.427 e. The molecular formula is C11H12F3N3OS. The second kappa shape index (κ2) is 4.84. The number of nitrogens with one attached hydrogen (secondary N) is 1. The second-order valence-electron chi connectivity index (χ2n) is 4.13. The molecule has 0 saturated carbocycles. The first-order valence-corrected chi connectivity index (χ1v) is 6.33. The summed E-state index contributed by atoms with van der Waals surface area (Å²) in [7, 11) is 0. The van der Waals surface area contributed by atoms with Crippen molar-refractivity contribution in [1.29, 1.82) is 0 Å². The topological polar surface area (TPSA) is 51.0 Å². The highest BCUT2D eigenvalue weighted by Crippen LogP contribution is 2.36. The molecule has 0 amide bonds. The molecule has 0 spiro atoms. The summed E-state index contributed by atoms with van der Waals surface area (Å²) in [5, 5.41) is 6.96. The molecule has 1 unspecified atom stereocenters. The fourth-order valence-electron chi connectivity index (χ4n) is 1.84. The maximum atomic E-state index is 12.5. The summed E-state index contributed by atoms with van der Waals surface area (Å²) in [5.41, 5.74) is 1.55. The first-order chi connectivity index (χ1) is 8.79. The Balaban J connectivity index is 2.16. The number of rotatable bonds is 3. The smallest absolute Gasteiger partial charge is 0.361 e. The van der Waals surface area contributed by atoms with E-state index in [-0.39, 0.29) is 11.2 Å². The molecule has 2 rings (SSSR count). The second-order valence-corrected chi connectivity index (χ2v) is 5.16. The number of hydrogen-bond acceptors (Lipinski definition) is 5. The minimum absolute atomic E-state index is 0.222. The van der Waals surface area contributed by atoms with Crippen molar-refractivity contribution in [2.24, 2.45) is 0 Å². The number of nitrogens with zero attached hydrogens (tertiary/aromatic N) is 2. The molecule has 4 nitrogen and oxygen atoms in total. The van der Waals surface area contributed by atoms with Gasteiger partial charge in [0.2, 0.25) is 0 Å². The Bertz CT molecular complexity index is 556. The van der Waals surface area contributed by atoms with Crippen molar-refractivity contribution in [3.63, 3.8) is 0 Å². The van der Waals surface area contributed by atoms with Gasteiger partial charge in [0, 0.05) is 5.56 Å². The van der Waals surface area contributed by atoms with E-state index in [0.29, 0.717) is 22.8 Å². The zero-order valence-corrected chi connectivity index (χ0v) is 11.3. The number of halogens is 3. The number of thiazole rings is 1. The van der Waals surface area contributed by atoms with Gasteiger partial charge in [-0.3, -0.25) is 0 Å². The number of anilines is 1. The van der Waals surface area contributed by atoms with Gasteiger partial charge in [-0.05, 0) is 20.8 Å². The third-order valence-corrected chi connectivity index (χ3v) is 3.62. The van der Waals surface area contributed by atoms with E-state index in [0.717, 1.165) is 11.8 Å². The molecule has 1 atom stereocenters. The van der Waals surface area contributed by atoms with Crippen LogP contribution in [0.25, 0.3) is 0 Å².